The summed E-state index contributed by atoms with van der Waals surface area (Å²) in [5.74, 6) is 0. The molecule has 0 heterocycles. The van der Waals surface area contributed by atoms with Gasteiger partial charge in [-0.2, -0.15) is 0 Å². The molecule has 0 aliphatic heterocycles. The zero-order valence-corrected chi connectivity index (χ0v) is 46.5. The molecule has 19 rings (SSSR count). The molecule has 0 bridgehead atoms. The smallest absolute Gasteiger partial charge is 0.00132 e. The van der Waals surface area contributed by atoms with Gasteiger partial charge in [-0.15, -0.1) is 0 Å². The van der Waals surface area contributed by atoms with E-state index in [1.54, 1.807) is 0 Å². The van der Waals surface area contributed by atoms with Crippen molar-refractivity contribution in [3.8, 4) is 134 Å². The highest BCUT2D eigenvalue weighted by atomic mass is 14.4. The fraction of sp³-hybridized carbons (Fsp3) is 0.0714. The lowest BCUT2D eigenvalue weighted by Gasteiger charge is -2.30. The molecule has 390 valence electrons. The van der Waals surface area contributed by atoms with Crippen LogP contribution in [0.15, 0.2) is 255 Å². The average Bonchev–Trinajstić information content (AvgIpc) is 1.41. The molecule has 0 heteroatoms. The second-order valence-corrected chi connectivity index (χ2v) is 24.5. The highest BCUT2D eigenvalue weighted by Crippen LogP contribution is 2.59. The minimum absolute atomic E-state index is 0.907. The van der Waals surface area contributed by atoms with Gasteiger partial charge in [0.1, 0.15) is 0 Å². The number of fused-ring (bicyclic) bond motifs is 18. The molecule has 0 nitrogen and oxygen atoms in total. The summed E-state index contributed by atoms with van der Waals surface area (Å²) in [5, 5.41) is 0. The van der Waals surface area contributed by atoms with Gasteiger partial charge in [-0.1, -0.05) is 255 Å². The fourth-order valence-electron chi connectivity index (χ4n) is 16.3. The van der Waals surface area contributed by atoms with Crippen LogP contribution in [-0.4, -0.2) is 0 Å². The van der Waals surface area contributed by atoms with Crippen LogP contribution in [0.25, 0.3) is 134 Å². The lowest BCUT2D eigenvalue weighted by molar-refractivity contribution is 1.26. The average molecular weight is 1060 g/mol. The van der Waals surface area contributed by atoms with Crippen molar-refractivity contribution in [2.75, 3.05) is 0 Å². The summed E-state index contributed by atoms with van der Waals surface area (Å²) in [6.07, 6.45) is 5.44. The molecule has 13 aromatic carbocycles. The molecule has 84 heavy (non-hydrogen) atoms. The quantitative estimate of drug-likeness (QED) is 0.156. The van der Waals surface area contributed by atoms with Crippen LogP contribution in [0.4, 0.5) is 0 Å². The third kappa shape index (κ3) is 6.83. The van der Waals surface area contributed by atoms with E-state index < -0.39 is 0 Å². The summed E-state index contributed by atoms with van der Waals surface area (Å²) in [5.41, 5.74) is 48.1. The van der Waals surface area contributed by atoms with Gasteiger partial charge < -0.3 is 0 Å². The first-order chi connectivity index (χ1) is 41.6. The third-order valence-corrected chi connectivity index (χ3v) is 20.0. The lowest BCUT2D eigenvalue weighted by atomic mass is 9.73. The fourth-order valence-corrected chi connectivity index (χ4v) is 16.3. The van der Waals surface area contributed by atoms with Gasteiger partial charge in [-0.25, -0.2) is 0 Å². The second kappa shape index (κ2) is 17.7. The van der Waals surface area contributed by atoms with Gasteiger partial charge in [-0.3, -0.25) is 0 Å². The summed E-state index contributed by atoms with van der Waals surface area (Å²) in [6.45, 7) is 0. The van der Waals surface area contributed by atoms with E-state index in [9.17, 15) is 0 Å². The Bertz CT molecular complexity index is 4230. The van der Waals surface area contributed by atoms with Crippen LogP contribution in [0, 0.1) is 0 Å². The minimum Gasteiger partial charge on any atom is -0.0619 e. The van der Waals surface area contributed by atoms with Crippen molar-refractivity contribution in [2.45, 2.75) is 38.5 Å². The van der Waals surface area contributed by atoms with E-state index in [1.165, 1.54) is 200 Å². The molecular formula is C84H54. The highest BCUT2D eigenvalue weighted by Gasteiger charge is 2.34. The van der Waals surface area contributed by atoms with Crippen molar-refractivity contribution in [1.82, 2.24) is 0 Å². The molecule has 0 saturated heterocycles. The van der Waals surface area contributed by atoms with Crippen molar-refractivity contribution in [2.24, 2.45) is 0 Å². The number of benzene rings is 13. The van der Waals surface area contributed by atoms with E-state index in [-0.39, 0.29) is 0 Å². The van der Waals surface area contributed by atoms with Gasteiger partial charge in [0.15, 0.2) is 0 Å². The molecule has 0 radical (unpaired) electrons. The summed E-state index contributed by atoms with van der Waals surface area (Å²) in [6, 6.07) is 99.5. The topological polar surface area (TPSA) is 0 Å². The number of rotatable bonds is 6. The molecule has 0 saturated carbocycles. The summed E-state index contributed by atoms with van der Waals surface area (Å²) in [7, 11) is 0. The van der Waals surface area contributed by atoms with Crippen LogP contribution in [0.1, 0.15) is 66.8 Å². The van der Waals surface area contributed by atoms with E-state index in [1.807, 2.05) is 0 Å². The first-order valence-corrected chi connectivity index (χ1v) is 30.1. The predicted octanol–water partition coefficient (Wildman–Crippen LogP) is 21.1. The molecule has 0 unspecified atom stereocenters. The lowest BCUT2D eigenvalue weighted by Crippen LogP contribution is -2.04. The Balaban J connectivity index is 0.995. The zero-order valence-electron chi connectivity index (χ0n) is 46.5. The SMILES string of the molecule is c1ccc2c(c1)Cc1cc(-c3c(-c4ccc5c(c4)Cc4ccccc4-5)c(-c4ccc5c(c4)Cc4ccccc4-5)c(-c4ccc5c(c4)Cc4ccccc4-5)c(-c4ccc5c(c4)Cc4ccccc4-5)c3-c3ccc4c(c3)Cc3ccccc3-4)ccc1-2. The Kier molecular flexibility index (Phi) is 9.78. The number of hydrogen-bond acceptors (Lipinski definition) is 0. The van der Waals surface area contributed by atoms with E-state index >= 15 is 0 Å². The normalized spacial score (nSPS) is 13.4. The van der Waals surface area contributed by atoms with Crippen molar-refractivity contribution in [3.05, 3.63) is 322 Å². The van der Waals surface area contributed by atoms with Crippen LogP contribution in [0.3, 0.4) is 0 Å². The Morgan fingerprint density at radius 2 is 0.274 bits per heavy atom. The standard InChI is InChI=1S/C84H54/c1-7-19-67-49(13-1)37-61-43-55(25-31-73(61)67)79-80(56-26-32-74-62(44-56)38-50-14-2-8-20-68(50)74)82(58-28-34-76-64(46-58)40-52-16-4-10-22-70(52)76)84(60-30-36-78-66(48-60)42-54-18-6-12-24-72(54)78)83(59-29-35-77-65(47-59)41-53-17-5-11-23-71(53)77)81(79)57-27-33-75-63(45-57)39-51-15-3-9-21-69(51)75/h1-36,43-48H,37-42H2. The second-order valence-electron chi connectivity index (χ2n) is 24.5. The van der Waals surface area contributed by atoms with Gasteiger partial charge in [0, 0.05) is 0 Å². The van der Waals surface area contributed by atoms with Gasteiger partial charge >= 0.3 is 0 Å². The van der Waals surface area contributed by atoms with Gasteiger partial charge in [0.2, 0.25) is 0 Å². The zero-order chi connectivity index (χ0) is 54.7. The molecule has 13 aromatic rings. The Hall–Kier alpha value is -10.1. The predicted molar refractivity (Wildman–Crippen MR) is 349 cm³/mol. The van der Waals surface area contributed by atoms with Gasteiger partial charge in [-0.05, 0) is 239 Å². The van der Waals surface area contributed by atoms with Crippen molar-refractivity contribution < 1.29 is 0 Å². The van der Waals surface area contributed by atoms with Gasteiger partial charge in [0.05, 0.1) is 0 Å². The van der Waals surface area contributed by atoms with Crippen LogP contribution >= 0.6 is 0 Å². The maximum Gasteiger partial charge on any atom is -0.00132 e. The summed E-state index contributed by atoms with van der Waals surface area (Å²) < 4.78 is 0. The van der Waals surface area contributed by atoms with E-state index in [0.717, 1.165) is 38.5 Å². The molecule has 6 aliphatic rings. The van der Waals surface area contributed by atoms with Crippen LogP contribution in [0.5, 0.6) is 0 Å². The van der Waals surface area contributed by atoms with Gasteiger partial charge in [0.25, 0.3) is 0 Å². The molecule has 0 atom stereocenters. The molecule has 0 fully saturated rings. The summed E-state index contributed by atoms with van der Waals surface area (Å²) >= 11 is 0. The van der Waals surface area contributed by atoms with E-state index in [4.69, 9.17) is 0 Å². The monoisotopic (exact) mass is 1060 g/mol. The Labute approximate surface area is 490 Å². The van der Waals surface area contributed by atoms with Crippen LogP contribution < -0.4 is 0 Å². The van der Waals surface area contributed by atoms with Crippen LogP contribution in [0.2, 0.25) is 0 Å². The maximum atomic E-state index is 2.59. The van der Waals surface area contributed by atoms with Crippen molar-refractivity contribution in [1.29, 1.82) is 0 Å². The first-order valence-electron chi connectivity index (χ1n) is 30.1. The Morgan fingerprint density at radius 3 is 0.440 bits per heavy atom. The molecule has 6 aliphatic carbocycles. The maximum absolute atomic E-state index is 2.59. The van der Waals surface area contributed by atoms with E-state index in [2.05, 4.69) is 255 Å². The van der Waals surface area contributed by atoms with Crippen molar-refractivity contribution in [3.63, 3.8) is 0 Å². The van der Waals surface area contributed by atoms with E-state index in [0.29, 0.717) is 0 Å². The van der Waals surface area contributed by atoms with Crippen LogP contribution in [-0.2, 0) is 38.5 Å². The third-order valence-electron chi connectivity index (χ3n) is 20.0. The van der Waals surface area contributed by atoms with Crippen molar-refractivity contribution >= 4 is 0 Å². The number of hydrogen-bond donors (Lipinski definition) is 0. The Morgan fingerprint density at radius 1 is 0.131 bits per heavy atom. The molecular weight excluding hydrogens is 1010 g/mol. The molecule has 0 N–H and O–H groups in total. The molecule has 0 spiro atoms. The minimum atomic E-state index is 0.907. The summed E-state index contributed by atoms with van der Waals surface area (Å²) in [4.78, 5) is 0. The first kappa shape index (κ1) is 46.5. The largest absolute Gasteiger partial charge is 0.0619 e. The molecule has 0 aromatic heterocycles. The highest BCUT2D eigenvalue weighted by molar-refractivity contribution is 6.16. The molecule has 0 amide bonds.